The van der Waals surface area contributed by atoms with Gasteiger partial charge in [-0.15, -0.1) is 0 Å². The third-order valence-electron chi connectivity index (χ3n) is 4.47. The summed E-state index contributed by atoms with van der Waals surface area (Å²) in [6.45, 7) is 3.78. The highest BCUT2D eigenvalue weighted by Crippen LogP contribution is 2.39. The van der Waals surface area contributed by atoms with Crippen LogP contribution in [0.25, 0.3) is 11.0 Å². The van der Waals surface area contributed by atoms with Crippen molar-refractivity contribution >= 4 is 11.0 Å². The van der Waals surface area contributed by atoms with E-state index in [9.17, 15) is 5.11 Å². The molecule has 1 aliphatic carbocycles. The summed E-state index contributed by atoms with van der Waals surface area (Å²) in [7, 11) is 0. The molecule has 2 heterocycles. The lowest BCUT2D eigenvalue weighted by Crippen LogP contribution is -2.31. The molecule has 1 aromatic carbocycles. The Hall–Kier alpha value is -1.32. The largest absolute Gasteiger partial charge is 0.458 e. The van der Waals surface area contributed by atoms with Crippen molar-refractivity contribution in [1.82, 2.24) is 4.90 Å². The molecular formula is C16H19NO2. The second kappa shape index (κ2) is 3.84. The number of aliphatic hydroxyl groups is 1. The molecule has 1 aliphatic heterocycles. The van der Waals surface area contributed by atoms with E-state index in [0.717, 1.165) is 36.2 Å². The standard InChI is InChI=1S/C16H19NO2/c1-11-2-5-14-12(8-11)9-15(19-14)16(18)6-7-17(10-16)13-3-4-13/h2,5,8-9,13,18H,3-4,6-7,10H2,1H3. The maximum absolute atomic E-state index is 10.8. The molecule has 0 amide bonds. The van der Waals surface area contributed by atoms with Crippen LogP contribution in [0.3, 0.4) is 0 Å². The van der Waals surface area contributed by atoms with Crippen molar-refractivity contribution in [3.8, 4) is 0 Å². The van der Waals surface area contributed by atoms with Gasteiger partial charge in [-0.25, -0.2) is 0 Å². The van der Waals surface area contributed by atoms with Crippen LogP contribution in [0.1, 0.15) is 30.6 Å². The zero-order valence-electron chi connectivity index (χ0n) is 11.2. The minimum atomic E-state index is -0.796. The number of furan rings is 1. The van der Waals surface area contributed by atoms with E-state index in [1.165, 1.54) is 18.4 Å². The van der Waals surface area contributed by atoms with Crippen LogP contribution in [0.5, 0.6) is 0 Å². The molecule has 4 rings (SSSR count). The number of hydrogen-bond donors (Lipinski definition) is 1. The normalized spacial score (nSPS) is 28.3. The summed E-state index contributed by atoms with van der Waals surface area (Å²) in [6, 6.07) is 8.87. The quantitative estimate of drug-likeness (QED) is 0.898. The SMILES string of the molecule is Cc1ccc2oc(C3(O)CCN(C4CC4)C3)cc2c1. The second-order valence-electron chi connectivity index (χ2n) is 6.14. The summed E-state index contributed by atoms with van der Waals surface area (Å²) in [6.07, 6.45) is 3.35. The van der Waals surface area contributed by atoms with Gasteiger partial charge in [0.05, 0.1) is 0 Å². The first-order valence-electron chi connectivity index (χ1n) is 7.11. The molecule has 1 unspecified atom stereocenters. The average Bonchev–Trinajstić information content (AvgIpc) is 3.02. The van der Waals surface area contributed by atoms with Gasteiger partial charge in [0.25, 0.3) is 0 Å². The van der Waals surface area contributed by atoms with Crippen LogP contribution in [-0.2, 0) is 5.60 Å². The van der Waals surface area contributed by atoms with Crippen LogP contribution in [-0.4, -0.2) is 29.1 Å². The number of rotatable bonds is 2. The maximum atomic E-state index is 10.8. The first-order chi connectivity index (χ1) is 9.14. The van der Waals surface area contributed by atoms with Crippen LogP contribution in [0.2, 0.25) is 0 Å². The Kier molecular flexibility index (Phi) is 2.32. The molecule has 1 saturated heterocycles. The molecule has 0 radical (unpaired) electrons. The zero-order valence-corrected chi connectivity index (χ0v) is 11.2. The Morgan fingerprint density at radius 1 is 1.32 bits per heavy atom. The van der Waals surface area contributed by atoms with Gasteiger partial charge in [-0.1, -0.05) is 11.6 Å². The number of likely N-dealkylation sites (tertiary alicyclic amines) is 1. The molecule has 2 fully saturated rings. The van der Waals surface area contributed by atoms with Crippen molar-refractivity contribution in [3.05, 3.63) is 35.6 Å². The lowest BCUT2D eigenvalue weighted by atomic mass is 10.00. The number of aryl methyl sites for hydroxylation is 1. The van der Waals surface area contributed by atoms with Crippen LogP contribution in [0.15, 0.2) is 28.7 Å². The topological polar surface area (TPSA) is 36.6 Å². The third kappa shape index (κ3) is 1.88. The summed E-state index contributed by atoms with van der Waals surface area (Å²) < 4.78 is 5.88. The number of hydrogen-bond acceptors (Lipinski definition) is 3. The fourth-order valence-electron chi connectivity index (χ4n) is 3.17. The highest BCUT2D eigenvalue weighted by atomic mass is 16.4. The Balaban J connectivity index is 1.69. The third-order valence-corrected chi connectivity index (χ3v) is 4.47. The molecule has 100 valence electrons. The van der Waals surface area contributed by atoms with Gasteiger partial charge in [-0.05, 0) is 44.4 Å². The van der Waals surface area contributed by atoms with Gasteiger partial charge in [-0.3, -0.25) is 4.90 Å². The van der Waals surface area contributed by atoms with E-state index in [4.69, 9.17) is 4.42 Å². The van der Waals surface area contributed by atoms with E-state index in [-0.39, 0.29) is 0 Å². The molecule has 2 aromatic rings. The van der Waals surface area contributed by atoms with Gasteiger partial charge in [-0.2, -0.15) is 0 Å². The fraction of sp³-hybridized carbons (Fsp3) is 0.500. The molecule has 1 aromatic heterocycles. The fourth-order valence-corrected chi connectivity index (χ4v) is 3.17. The number of nitrogens with zero attached hydrogens (tertiary/aromatic N) is 1. The van der Waals surface area contributed by atoms with Crippen molar-refractivity contribution in [1.29, 1.82) is 0 Å². The Bertz CT molecular complexity index is 629. The summed E-state index contributed by atoms with van der Waals surface area (Å²) >= 11 is 0. The van der Waals surface area contributed by atoms with E-state index >= 15 is 0 Å². The molecule has 1 saturated carbocycles. The second-order valence-corrected chi connectivity index (χ2v) is 6.14. The highest BCUT2D eigenvalue weighted by molar-refractivity contribution is 5.78. The molecule has 0 spiro atoms. The predicted octanol–water partition coefficient (Wildman–Crippen LogP) is 2.80. The van der Waals surface area contributed by atoms with Crippen molar-refractivity contribution in [3.63, 3.8) is 0 Å². The van der Waals surface area contributed by atoms with E-state index in [2.05, 4.69) is 17.9 Å². The first-order valence-corrected chi connectivity index (χ1v) is 7.11. The smallest absolute Gasteiger partial charge is 0.138 e. The van der Waals surface area contributed by atoms with E-state index in [1.54, 1.807) is 0 Å². The lowest BCUT2D eigenvalue weighted by molar-refractivity contribution is 0.0250. The Labute approximate surface area is 112 Å². The lowest BCUT2D eigenvalue weighted by Gasteiger charge is -2.20. The van der Waals surface area contributed by atoms with Crippen molar-refractivity contribution in [2.75, 3.05) is 13.1 Å². The summed E-state index contributed by atoms with van der Waals surface area (Å²) in [5, 5.41) is 11.9. The van der Waals surface area contributed by atoms with Crippen molar-refractivity contribution < 1.29 is 9.52 Å². The number of β-amino-alcohol motifs (C(OH)–C–C–N with tert-alkyl or cyclic N) is 1. The predicted molar refractivity (Wildman–Crippen MR) is 74.1 cm³/mol. The summed E-state index contributed by atoms with van der Waals surface area (Å²) in [5.41, 5.74) is 1.30. The van der Waals surface area contributed by atoms with E-state index in [0.29, 0.717) is 6.04 Å². The Morgan fingerprint density at radius 3 is 2.95 bits per heavy atom. The van der Waals surface area contributed by atoms with Gasteiger partial charge in [0.1, 0.15) is 16.9 Å². The summed E-state index contributed by atoms with van der Waals surface area (Å²) in [4.78, 5) is 2.40. The van der Waals surface area contributed by atoms with Gasteiger partial charge in [0, 0.05) is 24.5 Å². The van der Waals surface area contributed by atoms with Crippen LogP contribution >= 0.6 is 0 Å². The molecule has 0 bridgehead atoms. The zero-order chi connectivity index (χ0) is 13.0. The van der Waals surface area contributed by atoms with Crippen molar-refractivity contribution in [2.24, 2.45) is 0 Å². The monoisotopic (exact) mass is 257 g/mol. The van der Waals surface area contributed by atoms with Crippen molar-refractivity contribution in [2.45, 2.75) is 37.8 Å². The first kappa shape index (κ1) is 11.5. The van der Waals surface area contributed by atoms with Gasteiger partial charge >= 0.3 is 0 Å². The molecule has 19 heavy (non-hydrogen) atoms. The number of benzene rings is 1. The van der Waals surface area contributed by atoms with Crippen LogP contribution in [0.4, 0.5) is 0 Å². The molecule has 1 atom stereocenters. The average molecular weight is 257 g/mol. The Morgan fingerprint density at radius 2 is 2.16 bits per heavy atom. The molecule has 3 heteroatoms. The minimum Gasteiger partial charge on any atom is -0.458 e. The minimum absolute atomic E-state index is 0.709. The van der Waals surface area contributed by atoms with Gasteiger partial charge < -0.3 is 9.52 Å². The molecular weight excluding hydrogens is 238 g/mol. The molecule has 3 nitrogen and oxygen atoms in total. The van der Waals surface area contributed by atoms with E-state index in [1.807, 2.05) is 18.2 Å². The van der Waals surface area contributed by atoms with Crippen LogP contribution < -0.4 is 0 Å². The van der Waals surface area contributed by atoms with Crippen LogP contribution in [0, 0.1) is 6.92 Å². The highest BCUT2D eigenvalue weighted by Gasteiger charge is 2.44. The maximum Gasteiger partial charge on any atom is 0.138 e. The number of fused-ring (bicyclic) bond motifs is 1. The summed E-state index contributed by atoms with van der Waals surface area (Å²) in [5.74, 6) is 0.733. The van der Waals surface area contributed by atoms with E-state index < -0.39 is 5.60 Å². The van der Waals surface area contributed by atoms with Gasteiger partial charge in [0.15, 0.2) is 0 Å². The molecule has 2 aliphatic rings. The molecule has 1 N–H and O–H groups in total. The van der Waals surface area contributed by atoms with Gasteiger partial charge in [0.2, 0.25) is 0 Å².